The summed E-state index contributed by atoms with van der Waals surface area (Å²) >= 11 is 0. The predicted molar refractivity (Wildman–Crippen MR) is 75.3 cm³/mol. The maximum absolute atomic E-state index is 11.3. The fourth-order valence-corrected chi connectivity index (χ4v) is 1.77. The monoisotopic (exact) mass is 248 g/mol. The summed E-state index contributed by atoms with van der Waals surface area (Å²) in [7, 11) is 0. The minimum Gasteiger partial charge on any atom is -0.486 e. The Morgan fingerprint density at radius 2 is 1.89 bits per heavy atom. The van der Waals surface area contributed by atoms with E-state index in [0.717, 1.165) is 12.2 Å². The van der Waals surface area contributed by atoms with Gasteiger partial charge in [0.1, 0.15) is 12.4 Å². The molecule has 0 N–H and O–H groups in total. The number of carbonyl (C=O) groups excluding carboxylic acids is 1. The van der Waals surface area contributed by atoms with Gasteiger partial charge in [0.05, 0.1) is 0 Å². The third-order valence-corrected chi connectivity index (χ3v) is 3.04. The number of benzene rings is 1. The van der Waals surface area contributed by atoms with E-state index in [2.05, 4.69) is 39.8 Å². The summed E-state index contributed by atoms with van der Waals surface area (Å²) in [6.45, 7) is 10.7. The van der Waals surface area contributed by atoms with Crippen LogP contribution in [0.4, 0.5) is 0 Å². The average Bonchev–Trinajstić information content (AvgIpc) is 2.34. The van der Waals surface area contributed by atoms with Crippen LogP contribution in [0.15, 0.2) is 18.2 Å². The number of Topliss-reactive ketones (excluding diaryl/α,β-unsaturated/α-hetero) is 1. The van der Waals surface area contributed by atoms with Gasteiger partial charge < -0.3 is 4.74 Å². The van der Waals surface area contributed by atoms with Gasteiger partial charge in [0, 0.05) is 6.42 Å². The van der Waals surface area contributed by atoms with Crippen LogP contribution in [-0.4, -0.2) is 12.4 Å². The summed E-state index contributed by atoms with van der Waals surface area (Å²) in [6, 6.07) is 6.25. The van der Waals surface area contributed by atoms with Gasteiger partial charge in [0.25, 0.3) is 0 Å². The van der Waals surface area contributed by atoms with Crippen molar-refractivity contribution in [3.63, 3.8) is 0 Å². The lowest BCUT2D eigenvalue weighted by Crippen LogP contribution is -2.16. The largest absolute Gasteiger partial charge is 0.486 e. The third-order valence-electron chi connectivity index (χ3n) is 3.04. The van der Waals surface area contributed by atoms with Gasteiger partial charge in [-0.2, -0.15) is 0 Å². The highest BCUT2D eigenvalue weighted by molar-refractivity contribution is 5.79. The Morgan fingerprint density at radius 3 is 2.39 bits per heavy atom. The standard InChI is InChI=1S/C16H24O2/c1-6-12-8-9-15(18-11-13(17)7-2)14(10-12)16(3,4)5/h8-10H,6-7,11H2,1-5H3. The number of rotatable bonds is 5. The molecule has 2 nitrogen and oxygen atoms in total. The molecule has 0 aliphatic rings. The number of ketones is 1. The Hall–Kier alpha value is -1.31. The molecule has 0 saturated carbocycles. The predicted octanol–water partition coefficient (Wildman–Crippen LogP) is 3.90. The van der Waals surface area contributed by atoms with Crippen molar-refractivity contribution < 1.29 is 9.53 Å². The van der Waals surface area contributed by atoms with Crippen molar-refractivity contribution in [2.24, 2.45) is 0 Å². The molecule has 0 fully saturated rings. The second-order valence-corrected chi connectivity index (χ2v) is 5.61. The lowest BCUT2D eigenvalue weighted by molar-refractivity contribution is -0.120. The Morgan fingerprint density at radius 1 is 1.22 bits per heavy atom. The van der Waals surface area contributed by atoms with Crippen molar-refractivity contribution >= 4 is 5.78 Å². The quantitative estimate of drug-likeness (QED) is 0.790. The van der Waals surface area contributed by atoms with Gasteiger partial charge in [-0.15, -0.1) is 0 Å². The maximum Gasteiger partial charge on any atom is 0.169 e. The van der Waals surface area contributed by atoms with Crippen molar-refractivity contribution in [1.82, 2.24) is 0 Å². The van der Waals surface area contributed by atoms with Gasteiger partial charge in [-0.3, -0.25) is 4.79 Å². The molecule has 0 saturated heterocycles. The summed E-state index contributed by atoms with van der Waals surface area (Å²) in [5.41, 5.74) is 2.50. The van der Waals surface area contributed by atoms with E-state index in [0.29, 0.717) is 6.42 Å². The summed E-state index contributed by atoms with van der Waals surface area (Å²) in [4.78, 5) is 11.3. The molecule has 0 spiro atoms. The van der Waals surface area contributed by atoms with Gasteiger partial charge in [-0.1, -0.05) is 46.8 Å². The molecule has 0 bridgehead atoms. The van der Waals surface area contributed by atoms with Crippen LogP contribution in [0.3, 0.4) is 0 Å². The smallest absolute Gasteiger partial charge is 0.169 e. The van der Waals surface area contributed by atoms with Crippen LogP contribution >= 0.6 is 0 Å². The van der Waals surface area contributed by atoms with Crippen LogP contribution in [0.5, 0.6) is 5.75 Å². The average molecular weight is 248 g/mol. The van der Waals surface area contributed by atoms with Crippen LogP contribution < -0.4 is 4.74 Å². The van der Waals surface area contributed by atoms with Crippen molar-refractivity contribution in [3.8, 4) is 5.75 Å². The van der Waals surface area contributed by atoms with Crippen LogP contribution in [0.25, 0.3) is 0 Å². The first-order valence-corrected chi connectivity index (χ1v) is 6.66. The van der Waals surface area contributed by atoms with E-state index in [1.54, 1.807) is 0 Å². The van der Waals surface area contributed by atoms with Gasteiger partial charge >= 0.3 is 0 Å². The lowest BCUT2D eigenvalue weighted by atomic mass is 9.85. The summed E-state index contributed by atoms with van der Waals surface area (Å²) < 4.78 is 5.67. The number of hydrogen-bond donors (Lipinski definition) is 0. The van der Waals surface area contributed by atoms with E-state index in [1.807, 2.05) is 13.0 Å². The van der Waals surface area contributed by atoms with E-state index in [1.165, 1.54) is 11.1 Å². The first kappa shape index (κ1) is 14.7. The van der Waals surface area contributed by atoms with Gasteiger partial charge in [0.2, 0.25) is 0 Å². The molecule has 0 unspecified atom stereocenters. The molecule has 2 heteroatoms. The molecule has 0 aliphatic carbocycles. The number of ether oxygens (including phenoxy) is 1. The number of hydrogen-bond acceptors (Lipinski definition) is 2. The second kappa shape index (κ2) is 6.03. The summed E-state index contributed by atoms with van der Waals surface area (Å²) in [5.74, 6) is 0.968. The van der Waals surface area contributed by atoms with Gasteiger partial charge in [-0.25, -0.2) is 0 Å². The maximum atomic E-state index is 11.3. The molecule has 0 aromatic heterocycles. The molecule has 18 heavy (non-hydrogen) atoms. The molecular formula is C16H24O2. The molecular weight excluding hydrogens is 224 g/mol. The minimum atomic E-state index is 0.0236. The van der Waals surface area contributed by atoms with Gasteiger partial charge in [-0.05, 0) is 29.0 Å². The number of carbonyl (C=O) groups is 1. The van der Waals surface area contributed by atoms with E-state index in [-0.39, 0.29) is 17.8 Å². The zero-order valence-corrected chi connectivity index (χ0v) is 12.2. The van der Waals surface area contributed by atoms with Crippen molar-refractivity contribution in [1.29, 1.82) is 0 Å². The fourth-order valence-electron chi connectivity index (χ4n) is 1.77. The first-order valence-electron chi connectivity index (χ1n) is 6.66. The highest BCUT2D eigenvalue weighted by Gasteiger charge is 2.19. The van der Waals surface area contributed by atoms with Crippen LogP contribution in [0.1, 0.15) is 52.2 Å². The van der Waals surface area contributed by atoms with E-state index < -0.39 is 0 Å². The molecule has 1 rings (SSSR count). The fraction of sp³-hybridized carbons (Fsp3) is 0.562. The molecule has 0 radical (unpaired) electrons. The van der Waals surface area contributed by atoms with E-state index in [9.17, 15) is 4.79 Å². The zero-order chi connectivity index (χ0) is 13.8. The van der Waals surface area contributed by atoms with Crippen molar-refractivity contribution in [2.75, 3.05) is 6.61 Å². The van der Waals surface area contributed by atoms with Gasteiger partial charge in [0.15, 0.2) is 5.78 Å². The highest BCUT2D eigenvalue weighted by Crippen LogP contribution is 2.32. The van der Waals surface area contributed by atoms with Crippen molar-refractivity contribution in [3.05, 3.63) is 29.3 Å². The van der Waals surface area contributed by atoms with Crippen LogP contribution in [-0.2, 0) is 16.6 Å². The molecule has 0 amide bonds. The Labute approximate surface area is 110 Å². The minimum absolute atomic E-state index is 0.0236. The Kier molecular flexibility index (Phi) is 4.94. The number of aryl methyl sites for hydroxylation is 1. The Bertz CT molecular complexity index is 414. The topological polar surface area (TPSA) is 26.3 Å². The van der Waals surface area contributed by atoms with E-state index in [4.69, 9.17) is 4.74 Å². The van der Waals surface area contributed by atoms with E-state index >= 15 is 0 Å². The Balaban J connectivity index is 2.99. The third kappa shape index (κ3) is 3.86. The normalized spacial score (nSPS) is 11.4. The lowest BCUT2D eigenvalue weighted by Gasteiger charge is -2.23. The molecule has 0 heterocycles. The zero-order valence-electron chi connectivity index (χ0n) is 12.2. The molecule has 100 valence electrons. The molecule has 1 aromatic carbocycles. The molecule has 0 atom stereocenters. The summed E-state index contributed by atoms with van der Waals surface area (Å²) in [6.07, 6.45) is 1.54. The molecule has 1 aromatic rings. The van der Waals surface area contributed by atoms with Crippen LogP contribution in [0, 0.1) is 0 Å². The first-order chi connectivity index (χ1) is 8.38. The highest BCUT2D eigenvalue weighted by atomic mass is 16.5. The SMILES string of the molecule is CCC(=O)COc1ccc(CC)cc1C(C)(C)C. The summed E-state index contributed by atoms with van der Waals surface area (Å²) in [5, 5.41) is 0. The molecule has 0 aliphatic heterocycles. The second-order valence-electron chi connectivity index (χ2n) is 5.61. The van der Waals surface area contributed by atoms with Crippen molar-refractivity contribution in [2.45, 2.75) is 52.9 Å². The van der Waals surface area contributed by atoms with Crippen LogP contribution in [0.2, 0.25) is 0 Å².